The Morgan fingerprint density at radius 2 is 1.20 bits per heavy atom. The number of nitrogens with zero attached hydrogens (tertiary/aromatic N) is 2. The summed E-state index contributed by atoms with van der Waals surface area (Å²) in [4.78, 5) is 29.1. The van der Waals surface area contributed by atoms with Crippen molar-refractivity contribution in [1.82, 2.24) is 9.47 Å². The molecule has 1 aliphatic heterocycles. The molecule has 0 aliphatic carbocycles. The molecule has 1 aliphatic rings. The first-order chi connectivity index (χ1) is 21.5. The number of fused-ring (bicyclic) bond motifs is 3. The zero-order valence-corrected chi connectivity index (χ0v) is 26.9. The molecular weight excluding hydrogens is 540 g/mol. The lowest BCUT2D eigenvalue weighted by molar-refractivity contribution is 0.0580. The highest BCUT2D eigenvalue weighted by Crippen LogP contribution is 2.39. The van der Waals surface area contributed by atoms with Gasteiger partial charge in [0.1, 0.15) is 0 Å². The van der Waals surface area contributed by atoms with E-state index in [9.17, 15) is 9.59 Å². The Morgan fingerprint density at radius 1 is 0.591 bits per heavy atom. The Labute approximate surface area is 262 Å². The van der Waals surface area contributed by atoms with Gasteiger partial charge in [0.05, 0.1) is 0 Å². The van der Waals surface area contributed by atoms with E-state index in [4.69, 9.17) is 0 Å². The molecule has 2 heterocycles. The molecule has 0 spiro atoms. The van der Waals surface area contributed by atoms with Crippen molar-refractivity contribution in [2.45, 2.75) is 85.6 Å². The first-order valence-corrected chi connectivity index (χ1v) is 16.9. The molecule has 2 unspecified atom stereocenters. The Morgan fingerprint density at radius 3 is 1.91 bits per heavy atom. The smallest absolute Gasteiger partial charge is 0.261 e. The molecule has 0 N–H and O–H groups in total. The summed E-state index contributed by atoms with van der Waals surface area (Å²) in [5, 5.41) is 4.28. The number of hydrogen-bond acceptors (Lipinski definition) is 2. The molecule has 0 radical (unpaired) electrons. The molecular formula is C40H46N2O2. The lowest BCUT2D eigenvalue weighted by Crippen LogP contribution is -2.43. The van der Waals surface area contributed by atoms with E-state index in [0.717, 1.165) is 54.1 Å². The Hall–Kier alpha value is -3.92. The van der Waals surface area contributed by atoms with Gasteiger partial charge in [0, 0.05) is 51.4 Å². The maximum absolute atomic E-state index is 13.8. The zero-order valence-electron chi connectivity index (χ0n) is 26.9. The van der Waals surface area contributed by atoms with Crippen LogP contribution < -0.4 is 0 Å². The quantitative estimate of drug-likeness (QED) is 0.129. The van der Waals surface area contributed by atoms with Gasteiger partial charge in [0.2, 0.25) is 0 Å². The van der Waals surface area contributed by atoms with Crippen LogP contribution in [-0.4, -0.2) is 27.8 Å². The number of hydrogen-bond donors (Lipinski definition) is 0. The number of aromatic nitrogens is 1. The third-order valence-corrected chi connectivity index (χ3v) is 10.0. The Bertz CT molecular complexity index is 1810. The summed E-state index contributed by atoms with van der Waals surface area (Å²) >= 11 is 0. The van der Waals surface area contributed by atoms with Crippen molar-refractivity contribution in [3.05, 3.63) is 83.9 Å². The van der Waals surface area contributed by atoms with Gasteiger partial charge in [-0.25, -0.2) is 0 Å². The molecule has 2 amide bonds. The molecule has 4 heteroatoms. The highest BCUT2D eigenvalue weighted by molar-refractivity contribution is 6.27. The topological polar surface area (TPSA) is 42.3 Å². The van der Waals surface area contributed by atoms with Gasteiger partial charge in [-0.2, -0.15) is 0 Å². The lowest BCUT2D eigenvalue weighted by atomic mass is 9.88. The van der Waals surface area contributed by atoms with E-state index >= 15 is 0 Å². The minimum absolute atomic E-state index is 0.160. The largest absolute Gasteiger partial charge is 0.340 e. The second-order valence-electron chi connectivity index (χ2n) is 12.8. The fourth-order valence-corrected chi connectivity index (χ4v) is 7.33. The van der Waals surface area contributed by atoms with Crippen LogP contribution >= 0.6 is 0 Å². The third-order valence-electron chi connectivity index (χ3n) is 10.0. The Balaban J connectivity index is 1.42. The average molecular weight is 587 g/mol. The molecule has 1 aromatic heterocycles. The summed E-state index contributed by atoms with van der Waals surface area (Å²) in [5.74, 6) is 0.665. The number of para-hydroxylation sites is 1. The maximum atomic E-state index is 13.8. The number of rotatable bonds is 13. The van der Waals surface area contributed by atoms with E-state index in [1.54, 1.807) is 0 Å². The van der Waals surface area contributed by atoms with Crippen LogP contribution in [0.15, 0.2) is 72.8 Å². The molecule has 0 fully saturated rings. The molecule has 2 atom stereocenters. The van der Waals surface area contributed by atoms with Crippen LogP contribution in [0, 0.1) is 11.8 Å². The normalized spacial score (nSPS) is 14.7. The van der Waals surface area contributed by atoms with Crippen molar-refractivity contribution in [2.24, 2.45) is 11.8 Å². The van der Waals surface area contributed by atoms with Crippen LogP contribution in [0.3, 0.4) is 0 Å². The summed E-state index contributed by atoms with van der Waals surface area (Å²) in [5.41, 5.74) is 5.99. The number of unbranched alkanes of at least 4 members (excludes halogenated alkanes) is 2. The number of imide groups is 1. The second kappa shape index (κ2) is 13.0. The van der Waals surface area contributed by atoms with Gasteiger partial charge in [0.15, 0.2) is 0 Å². The molecule has 6 rings (SSSR count). The zero-order chi connectivity index (χ0) is 30.8. The molecule has 0 saturated heterocycles. The average Bonchev–Trinajstić information content (AvgIpc) is 3.37. The van der Waals surface area contributed by atoms with Crippen LogP contribution in [0.5, 0.6) is 0 Å². The number of carbonyl (C=O) groups is 2. The minimum atomic E-state index is -0.160. The molecule has 228 valence electrons. The van der Waals surface area contributed by atoms with Crippen molar-refractivity contribution in [2.75, 3.05) is 6.54 Å². The monoisotopic (exact) mass is 586 g/mol. The fraction of sp³-hybridized carbons (Fsp3) is 0.400. The number of amides is 2. The minimum Gasteiger partial charge on any atom is -0.340 e. The molecule has 0 bridgehead atoms. The second-order valence-corrected chi connectivity index (χ2v) is 12.8. The SMILES string of the molecule is CCCCC(CC)CN1C(=O)c2cccc3c(-c4ccc5c(c4)c4ccccc4n5CC(CC)CCCC)ccc(c23)C1=O. The molecule has 0 saturated carbocycles. The van der Waals surface area contributed by atoms with Gasteiger partial charge >= 0.3 is 0 Å². The third kappa shape index (κ3) is 5.33. The highest BCUT2D eigenvalue weighted by Gasteiger charge is 2.34. The first-order valence-electron chi connectivity index (χ1n) is 16.9. The summed E-state index contributed by atoms with van der Waals surface area (Å²) in [7, 11) is 0. The number of benzene rings is 4. The van der Waals surface area contributed by atoms with Crippen LogP contribution in [0.2, 0.25) is 0 Å². The summed E-state index contributed by atoms with van der Waals surface area (Å²) in [6.45, 7) is 10.4. The van der Waals surface area contributed by atoms with Gasteiger partial charge in [-0.15, -0.1) is 0 Å². The van der Waals surface area contributed by atoms with Gasteiger partial charge in [-0.1, -0.05) is 109 Å². The molecule has 4 aromatic carbocycles. The van der Waals surface area contributed by atoms with Crippen molar-refractivity contribution in [3.63, 3.8) is 0 Å². The van der Waals surface area contributed by atoms with Crippen molar-refractivity contribution in [3.8, 4) is 11.1 Å². The van der Waals surface area contributed by atoms with E-state index in [-0.39, 0.29) is 11.8 Å². The lowest BCUT2D eigenvalue weighted by Gasteiger charge is -2.30. The van der Waals surface area contributed by atoms with Gasteiger partial charge in [0.25, 0.3) is 11.8 Å². The molecule has 44 heavy (non-hydrogen) atoms. The summed E-state index contributed by atoms with van der Waals surface area (Å²) in [6.07, 6.45) is 9.17. The van der Waals surface area contributed by atoms with E-state index in [1.807, 2.05) is 18.2 Å². The summed E-state index contributed by atoms with van der Waals surface area (Å²) in [6, 6.07) is 25.5. The molecule has 5 aromatic rings. The van der Waals surface area contributed by atoms with Crippen molar-refractivity contribution < 1.29 is 9.59 Å². The summed E-state index contributed by atoms with van der Waals surface area (Å²) < 4.78 is 2.52. The van der Waals surface area contributed by atoms with Gasteiger partial charge in [-0.3, -0.25) is 14.5 Å². The van der Waals surface area contributed by atoms with Gasteiger partial charge in [-0.05, 0) is 71.5 Å². The van der Waals surface area contributed by atoms with E-state index in [0.29, 0.717) is 29.5 Å². The van der Waals surface area contributed by atoms with Crippen LogP contribution in [-0.2, 0) is 6.54 Å². The first kappa shape index (κ1) is 30.1. The predicted octanol–water partition coefficient (Wildman–Crippen LogP) is 10.6. The standard InChI is InChI=1S/C40H46N2O2/c1-5-9-14-27(7-3)25-41-36-19-12-11-16-31(36)35-24-29(20-23-37(35)41)30-21-22-34-38-32(30)17-13-18-33(38)39(43)42(40(34)44)26-28(8-4)15-10-6-2/h11-13,16-24,27-28H,5-10,14-15,25-26H2,1-4H3. The van der Waals surface area contributed by atoms with Crippen LogP contribution in [0.25, 0.3) is 43.7 Å². The fourth-order valence-electron chi connectivity index (χ4n) is 7.33. The maximum Gasteiger partial charge on any atom is 0.261 e. The highest BCUT2D eigenvalue weighted by atomic mass is 16.2. The van der Waals surface area contributed by atoms with E-state index in [1.165, 1.54) is 52.4 Å². The predicted molar refractivity (Wildman–Crippen MR) is 184 cm³/mol. The van der Waals surface area contributed by atoms with Crippen molar-refractivity contribution >= 4 is 44.4 Å². The van der Waals surface area contributed by atoms with E-state index in [2.05, 4.69) is 86.9 Å². The molecule has 4 nitrogen and oxygen atoms in total. The van der Waals surface area contributed by atoms with E-state index < -0.39 is 0 Å². The van der Waals surface area contributed by atoms with Gasteiger partial charge < -0.3 is 4.57 Å². The van der Waals surface area contributed by atoms with Crippen LogP contribution in [0.1, 0.15) is 99.8 Å². The van der Waals surface area contributed by atoms with Crippen molar-refractivity contribution in [1.29, 1.82) is 0 Å². The van der Waals surface area contributed by atoms with Crippen LogP contribution in [0.4, 0.5) is 0 Å². The Kier molecular flexibility index (Phi) is 8.88. The number of carbonyl (C=O) groups excluding carboxylic acids is 2.